The van der Waals surface area contributed by atoms with E-state index in [4.69, 9.17) is 0 Å². The van der Waals surface area contributed by atoms with Crippen molar-refractivity contribution >= 4 is 11.9 Å². The minimum absolute atomic E-state index is 0.952. The Kier molecular flexibility index (Phi) is 9.05. The van der Waals surface area contributed by atoms with E-state index in [2.05, 4.69) is 76.2 Å². The monoisotopic (exact) mass is 357 g/mol. The van der Waals surface area contributed by atoms with Crippen LogP contribution in [0.1, 0.15) is 25.0 Å². The first kappa shape index (κ1) is 20.0. The van der Waals surface area contributed by atoms with E-state index in [0.717, 1.165) is 39.3 Å². The van der Waals surface area contributed by atoms with Gasteiger partial charge in [0.15, 0.2) is 0 Å². The van der Waals surface area contributed by atoms with Gasteiger partial charge in [0.2, 0.25) is 0 Å². The van der Waals surface area contributed by atoms with E-state index in [-0.39, 0.29) is 0 Å². The summed E-state index contributed by atoms with van der Waals surface area (Å²) in [7, 11) is 2.15. The summed E-state index contributed by atoms with van der Waals surface area (Å²) in [6, 6.07) is 19.6. The number of benzene rings is 2. The lowest BCUT2D eigenvalue weighted by atomic mass is 10.2. The fraction of sp³-hybridized carbons (Fsp3) is 0.429. The molecule has 136 valence electrons. The summed E-state index contributed by atoms with van der Waals surface area (Å²) < 4.78 is 2.28. The Morgan fingerprint density at radius 3 is 2.20 bits per heavy atom. The number of rotatable bonds is 6. The highest BCUT2D eigenvalue weighted by Crippen LogP contribution is 2.23. The molecule has 1 fully saturated rings. The highest BCUT2D eigenvalue weighted by atomic mass is 32.2. The minimum atomic E-state index is 0.952. The van der Waals surface area contributed by atoms with Crippen LogP contribution in [0.4, 0.5) is 0 Å². The second-order valence-corrected chi connectivity index (χ2v) is 7.31. The molecule has 1 aliphatic heterocycles. The van der Waals surface area contributed by atoms with Gasteiger partial charge in [-0.2, -0.15) is 0 Å². The molecule has 0 spiro atoms. The summed E-state index contributed by atoms with van der Waals surface area (Å²) in [6.45, 7) is 10.5. The molecule has 0 unspecified atom stereocenters. The average molecular weight is 358 g/mol. The molecule has 3 rings (SSSR count). The molecule has 25 heavy (non-hydrogen) atoms. The summed E-state index contributed by atoms with van der Waals surface area (Å²) in [4.78, 5) is 3.81. The highest BCUT2D eigenvalue weighted by Gasteiger charge is 2.10. The molecule has 1 N–H and O–H groups in total. The van der Waals surface area contributed by atoms with Gasteiger partial charge >= 0.3 is 0 Å². The van der Waals surface area contributed by atoms with Crippen LogP contribution < -0.4 is 5.32 Å². The zero-order valence-electron chi connectivity index (χ0n) is 15.7. The molecule has 0 saturated carbocycles. The Morgan fingerprint density at radius 1 is 0.920 bits per heavy atom. The Bertz CT molecular complexity index is 580. The number of piperazine rings is 1. The maximum Gasteiger partial charge on any atom is 0.0340 e. The van der Waals surface area contributed by atoms with E-state index in [1.807, 2.05) is 13.8 Å². The van der Waals surface area contributed by atoms with Crippen molar-refractivity contribution in [3.05, 3.63) is 65.7 Å². The lowest BCUT2D eigenvalue weighted by Crippen LogP contribution is -2.42. The van der Waals surface area contributed by atoms with Gasteiger partial charge in [0.05, 0.1) is 0 Å². The first-order valence-corrected chi connectivity index (χ1v) is 10.0. The van der Waals surface area contributed by atoms with Crippen molar-refractivity contribution in [2.75, 3.05) is 33.2 Å². The fourth-order valence-electron chi connectivity index (χ4n) is 2.84. The maximum absolute atomic E-state index is 3.40. The summed E-state index contributed by atoms with van der Waals surface area (Å²) in [6.07, 6.45) is 0. The first-order valence-electron chi connectivity index (χ1n) is 9.25. The van der Waals surface area contributed by atoms with Gasteiger partial charge in [-0.25, -0.2) is 4.31 Å². The van der Waals surface area contributed by atoms with Gasteiger partial charge in [0, 0.05) is 44.2 Å². The topological polar surface area (TPSA) is 18.5 Å². The minimum Gasteiger partial charge on any atom is -0.314 e. The molecule has 1 heterocycles. The van der Waals surface area contributed by atoms with Crippen molar-refractivity contribution in [3.63, 3.8) is 0 Å². The number of nitrogens with one attached hydrogen (secondary N) is 1. The van der Waals surface area contributed by atoms with Gasteiger partial charge in [0.1, 0.15) is 0 Å². The smallest absolute Gasteiger partial charge is 0.0340 e. The summed E-state index contributed by atoms with van der Waals surface area (Å²) in [5.41, 5.74) is 2.75. The molecular weight excluding hydrogens is 326 g/mol. The van der Waals surface area contributed by atoms with Crippen LogP contribution in [-0.2, 0) is 13.1 Å². The predicted molar refractivity (Wildman–Crippen MR) is 110 cm³/mol. The first-order chi connectivity index (χ1) is 12.3. The maximum atomic E-state index is 3.40. The lowest BCUT2D eigenvalue weighted by molar-refractivity contribution is 0.233. The SMILES string of the molecule is CC.CN(Cc1ccccc1)Sc1ccc(CN2CCNCC2)cc1. The largest absolute Gasteiger partial charge is 0.314 e. The quantitative estimate of drug-likeness (QED) is 0.779. The lowest BCUT2D eigenvalue weighted by Gasteiger charge is -2.27. The van der Waals surface area contributed by atoms with Crippen molar-refractivity contribution in [2.45, 2.75) is 31.8 Å². The van der Waals surface area contributed by atoms with Crippen LogP contribution in [0.15, 0.2) is 59.5 Å². The van der Waals surface area contributed by atoms with Crippen LogP contribution in [0, 0.1) is 0 Å². The van der Waals surface area contributed by atoms with Gasteiger partial charge in [-0.1, -0.05) is 56.3 Å². The highest BCUT2D eigenvalue weighted by molar-refractivity contribution is 7.97. The molecule has 0 radical (unpaired) electrons. The molecule has 0 aromatic heterocycles. The normalized spacial score (nSPS) is 14.9. The molecular formula is C21H31N3S. The zero-order valence-corrected chi connectivity index (χ0v) is 16.6. The number of nitrogens with zero attached hydrogens (tertiary/aromatic N) is 2. The molecule has 0 atom stereocenters. The van der Waals surface area contributed by atoms with E-state index in [1.165, 1.54) is 16.0 Å². The molecule has 1 aliphatic rings. The van der Waals surface area contributed by atoms with Crippen molar-refractivity contribution in [1.82, 2.24) is 14.5 Å². The van der Waals surface area contributed by atoms with Crippen molar-refractivity contribution in [1.29, 1.82) is 0 Å². The van der Waals surface area contributed by atoms with Gasteiger partial charge in [-0.15, -0.1) is 0 Å². The number of hydrogen-bond donors (Lipinski definition) is 1. The van der Waals surface area contributed by atoms with Crippen molar-refractivity contribution in [2.24, 2.45) is 0 Å². The van der Waals surface area contributed by atoms with Crippen LogP contribution in [0.25, 0.3) is 0 Å². The summed E-state index contributed by atoms with van der Waals surface area (Å²) in [5.74, 6) is 0. The summed E-state index contributed by atoms with van der Waals surface area (Å²) in [5, 5.41) is 3.40. The molecule has 2 aromatic carbocycles. The molecule has 3 nitrogen and oxygen atoms in total. The van der Waals surface area contributed by atoms with Crippen LogP contribution in [0.2, 0.25) is 0 Å². The Morgan fingerprint density at radius 2 is 1.56 bits per heavy atom. The standard InChI is InChI=1S/C19H25N3S.C2H6/c1-21(15-17-5-3-2-4-6-17)23-19-9-7-18(8-10-19)16-22-13-11-20-12-14-22;1-2/h2-10,20H,11-16H2,1H3;1-2H3. The van der Waals surface area contributed by atoms with Crippen LogP contribution in [0.3, 0.4) is 0 Å². The van der Waals surface area contributed by atoms with Crippen LogP contribution in [-0.4, -0.2) is 42.4 Å². The van der Waals surface area contributed by atoms with Crippen molar-refractivity contribution in [3.8, 4) is 0 Å². The van der Waals surface area contributed by atoms with E-state index in [1.54, 1.807) is 11.9 Å². The molecule has 4 heteroatoms. The third-order valence-corrected chi connectivity index (χ3v) is 4.97. The zero-order chi connectivity index (χ0) is 17.9. The van der Waals surface area contributed by atoms with E-state index < -0.39 is 0 Å². The molecule has 2 aromatic rings. The third kappa shape index (κ3) is 7.20. The predicted octanol–water partition coefficient (Wildman–Crippen LogP) is 4.26. The third-order valence-electron chi connectivity index (χ3n) is 4.05. The second-order valence-electron chi connectivity index (χ2n) is 6.03. The second kappa shape index (κ2) is 11.3. The van der Waals surface area contributed by atoms with Crippen LogP contribution in [0.5, 0.6) is 0 Å². The fourth-order valence-corrected chi connectivity index (χ4v) is 3.67. The van der Waals surface area contributed by atoms with E-state index >= 15 is 0 Å². The van der Waals surface area contributed by atoms with Gasteiger partial charge < -0.3 is 5.32 Å². The molecule has 0 bridgehead atoms. The van der Waals surface area contributed by atoms with Gasteiger partial charge in [-0.3, -0.25) is 4.90 Å². The Balaban J connectivity index is 0.00000109. The van der Waals surface area contributed by atoms with Crippen molar-refractivity contribution < 1.29 is 0 Å². The van der Waals surface area contributed by atoms with E-state index in [0.29, 0.717) is 0 Å². The summed E-state index contributed by atoms with van der Waals surface area (Å²) >= 11 is 1.80. The molecule has 1 saturated heterocycles. The Hall–Kier alpha value is -1.33. The molecule has 0 aliphatic carbocycles. The number of hydrogen-bond acceptors (Lipinski definition) is 4. The van der Waals surface area contributed by atoms with Gasteiger partial charge in [0.25, 0.3) is 0 Å². The van der Waals surface area contributed by atoms with Gasteiger partial charge in [-0.05, 0) is 42.3 Å². The van der Waals surface area contributed by atoms with Crippen LogP contribution >= 0.6 is 11.9 Å². The van der Waals surface area contributed by atoms with E-state index in [9.17, 15) is 0 Å². The molecule has 0 amide bonds. The Labute approximate surface area is 157 Å². The average Bonchev–Trinajstić information content (AvgIpc) is 2.67.